The minimum Gasteiger partial charge on any atom is -0.488 e. The molecule has 2 rings (SSSR count). The van der Waals surface area contributed by atoms with Crippen molar-refractivity contribution in [1.29, 1.82) is 0 Å². The lowest BCUT2D eigenvalue weighted by atomic mass is 10.2. The molecule has 2 nitrogen and oxygen atoms in total. The Bertz CT molecular complexity index is 552. The molecule has 0 aliphatic rings. The monoisotopic (exact) mass is 264 g/mol. The molecule has 0 atom stereocenters. The van der Waals surface area contributed by atoms with Gasteiger partial charge in [0.25, 0.3) is 5.24 Å². The van der Waals surface area contributed by atoms with Crippen molar-refractivity contribution in [3.63, 3.8) is 0 Å². The highest BCUT2D eigenvalue weighted by molar-refractivity contribution is 6.68. The van der Waals surface area contributed by atoms with Crippen LogP contribution in [0.2, 0.25) is 0 Å². The normalized spacial score (nSPS) is 10.1. The predicted octanol–water partition coefficient (Wildman–Crippen LogP) is 3.78. The largest absolute Gasteiger partial charge is 0.488 e. The zero-order valence-corrected chi connectivity index (χ0v) is 10.2. The Hall–Kier alpha value is -1.87. The van der Waals surface area contributed by atoms with Crippen LogP contribution >= 0.6 is 11.6 Å². The second kappa shape index (κ2) is 5.65. The van der Waals surface area contributed by atoms with Crippen molar-refractivity contribution in [2.45, 2.75) is 6.61 Å². The van der Waals surface area contributed by atoms with E-state index in [0.29, 0.717) is 11.3 Å². The Kier molecular flexibility index (Phi) is 3.95. The van der Waals surface area contributed by atoms with Gasteiger partial charge in [-0.15, -0.1) is 0 Å². The summed E-state index contributed by atoms with van der Waals surface area (Å²) in [5.41, 5.74) is 1.13. The molecule has 0 aliphatic carbocycles. The first-order chi connectivity index (χ1) is 8.66. The zero-order chi connectivity index (χ0) is 13.0. The third-order valence-electron chi connectivity index (χ3n) is 2.41. The van der Waals surface area contributed by atoms with Crippen molar-refractivity contribution < 1.29 is 13.9 Å². The van der Waals surface area contributed by atoms with E-state index in [-0.39, 0.29) is 12.4 Å². The van der Waals surface area contributed by atoms with Crippen molar-refractivity contribution >= 4 is 16.8 Å². The smallest absolute Gasteiger partial charge is 0.256 e. The van der Waals surface area contributed by atoms with Crippen molar-refractivity contribution in [2.75, 3.05) is 0 Å². The van der Waals surface area contributed by atoms with E-state index in [2.05, 4.69) is 0 Å². The van der Waals surface area contributed by atoms with Gasteiger partial charge in [0.05, 0.1) is 5.56 Å². The number of rotatable bonds is 4. The summed E-state index contributed by atoms with van der Waals surface area (Å²) >= 11 is 5.44. The molecular weight excluding hydrogens is 255 g/mol. The summed E-state index contributed by atoms with van der Waals surface area (Å²) in [5, 5.41) is -0.565. The molecule has 0 fully saturated rings. The van der Waals surface area contributed by atoms with Crippen LogP contribution < -0.4 is 4.74 Å². The first-order valence-electron chi connectivity index (χ1n) is 5.33. The van der Waals surface area contributed by atoms with Gasteiger partial charge in [-0.05, 0) is 41.4 Å². The summed E-state index contributed by atoms with van der Waals surface area (Å²) in [4.78, 5) is 11.2. The third kappa shape index (κ3) is 3.08. The number of hydrogen-bond acceptors (Lipinski definition) is 2. The van der Waals surface area contributed by atoms with Crippen LogP contribution in [0.3, 0.4) is 0 Å². The van der Waals surface area contributed by atoms with E-state index in [1.165, 1.54) is 12.1 Å². The maximum atomic E-state index is 12.7. The van der Waals surface area contributed by atoms with Crippen LogP contribution in [0.5, 0.6) is 5.75 Å². The van der Waals surface area contributed by atoms with Gasteiger partial charge in [0, 0.05) is 0 Å². The van der Waals surface area contributed by atoms with E-state index in [1.807, 2.05) is 0 Å². The summed E-state index contributed by atoms with van der Waals surface area (Å²) in [6.45, 7) is 0.251. The molecule has 0 bridgehead atoms. The standard InChI is InChI=1S/C14H10ClFO2/c15-14(17)12-3-1-2-4-13(12)18-9-10-5-7-11(16)8-6-10/h1-8H,9H2. The van der Waals surface area contributed by atoms with Crippen LogP contribution in [0.15, 0.2) is 48.5 Å². The molecule has 0 spiro atoms. The highest BCUT2D eigenvalue weighted by Crippen LogP contribution is 2.21. The number of halogens is 2. The van der Waals surface area contributed by atoms with Gasteiger partial charge in [0.15, 0.2) is 0 Å². The highest BCUT2D eigenvalue weighted by atomic mass is 35.5. The molecule has 2 aromatic carbocycles. The van der Waals surface area contributed by atoms with E-state index in [0.717, 1.165) is 5.56 Å². The lowest BCUT2D eigenvalue weighted by molar-refractivity contribution is 0.107. The van der Waals surface area contributed by atoms with Crippen LogP contribution in [0, 0.1) is 5.82 Å². The number of benzene rings is 2. The fourth-order valence-electron chi connectivity index (χ4n) is 1.50. The second-order valence-corrected chi connectivity index (χ2v) is 4.03. The van der Waals surface area contributed by atoms with Gasteiger partial charge in [-0.25, -0.2) is 4.39 Å². The Labute approximate surface area is 109 Å². The lowest BCUT2D eigenvalue weighted by Gasteiger charge is -2.08. The molecule has 0 heterocycles. The number of para-hydroxylation sites is 1. The summed E-state index contributed by atoms with van der Waals surface area (Å²) in [6, 6.07) is 12.7. The summed E-state index contributed by atoms with van der Waals surface area (Å²) in [6.07, 6.45) is 0. The molecule has 0 N–H and O–H groups in total. The molecule has 0 unspecified atom stereocenters. The summed E-state index contributed by atoms with van der Waals surface area (Å²) in [7, 11) is 0. The van der Waals surface area contributed by atoms with Gasteiger partial charge >= 0.3 is 0 Å². The molecule has 4 heteroatoms. The molecule has 2 aromatic rings. The average molecular weight is 265 g/mol. The Morgan fingerprint density at radius 2 is 1.78 bits per heavy atom. The fraction of sp³-hybridized carbons (Fsp3) is 0.0714. The Balaban J connectivity index is 2.10. The van der Waals surface area contributed by atoms with Crippen molar-refractivity contribution in [2.24, 2.45) is 0 Å². The van der Waals surface area contributed by atoms with Crippen LogP contribution in [0.25, 0.3) is 0 Å². The summed E-state index contributed by atoms with van der Waals surface area (Å²) in [5.74, 6) is 0.122. The molecule has 0 saturated carbocycles. The first-order valence-corrected chi connectivity index (χ1v) is 5.71. The molecular formula is C14H10ClFO2. The van der Waals surface area contributed by atoms with Gasteiger partial charge in [-0.3, -0.25) is 4.79 Å². The maximum Gasteiger partial charge on any atom is 0.256 e. The molecule has 0 saturated heterocycles. The van der Waals surface area contributed by atoms with E-state index < -0.39 is 5.24 Å². The van der Waals surface area contributed by atoms with Crippen LogP contribution in [0.4, 0.5) is 4.39 Å². The second-order valence-electron chi connectivity index (χ2n) is 3.69. The summed E-state index contributed by atoms with van der Waals surface area (Å²) < 4.78 is 18.2. The van der Waals surface area contributed by atoms with Gasteiger partial charge in [-0.1, -0.05) is 24.3 Å². The molecule has 0 aromatic heterocycles. The third-order valence-corrected chi connectivity index (χ3v) is 2.61. The van der Waals surface area contributed by atoms with Crippen LogP contribution in [-0.4, -0.2) is 5.24 Å². The fourth-order valence-corrected chi connectivity index (χ4v) is 1.65. The number of carbonyl (C=O) groups is 1. The average Bonchev–Trinajstić information content (AvgIpc) is 2.38. The molecule has 18 heavy (non-hydrogen) atoms. The first kappa shape index (κ1) is 12.6. The number of carbonyl (C=O) groups excluding carboxylic acids is 1. The number of hydrogen-bond donors (Lipinski definition) is 0. The van der Waals surface area contributed by atoms with E-state index in [9.17, 15) is 9.18 Å². The zero-order valence-electron chi connectivity index (χ0n) is 9.40. The SMILES string of the molecule is O=C(Cl)c1ccccc1OCc1ccc(F)cc1. The molecule has 0 radical (unpaired) electrons. The minimum absolute atomic E-state index is 0.251. The predicted molar refractivity (Wildman–Crippen MR) is 67.4 cm³/mol. The van der Waals surface area contributed by atoms with Crippen molar-refractivity contribution in [1.82, 2.24) is 0 Å². The van der Waals surface area contributed by atoms with Crippen molar-refractivity contribution in [3.8, 4) is 5.75 Å². The highest BCUT2D eigenvalue weighted by Gasteiger charge is 2.09. The van der Waals surface area contributed by atoms with Gasteiger partial charge in [0.1, 0.15) is 18.2 Å². The molecule has 92 valence electrons. The van der Waals surface area contributed by atoms with E-state index in [1.54, 1.807) is 36.4 Å². The van der Waals surface area contributed by atoms with E-state index >= 15 is 0 Å². The van der Waals surface area contributed by atoms with Gasteiger partial charge in [-0.2, -0.15) is 0 Å². The maximum absolute atomic E-state index is 12.7. The quantitative estimate of drug-likeness (QED) is 0.786. The van der Waals surface area contributed by atoms with Crippen LogP contribution in [0.1, 0.15) is 15.9 Å². The van der Waals surface area contributed by atoms with Crippen LogP contribution in [-0.2, 0) is 6.61 Å². The Morgan fingerprint density at radius 3 is 2.44 bits per heavy atom. The molecule has 0 amide bonds. The number of ether oxygens (including phenoxy) is 1. The van der Waals surface area contributed by atoms with Gasteiger partial charge < -0.3 is 4.74 Å². The van der Waals surface area contributed by atoms with Gasteiger partial charge in [0.2, 0.25) is 0 Å². The van der Waals surface area contributed by atoms with E-state index in [4.69, 9.17) is 16.3 Å². The molecule has 0 aliphatic heterocycles. The topological polar surface area (TPSA) is 26.3 Å². The van der Waals surface area contributed by atoms with Crippen molar-refractivity contribution in [3.05, 3.63) is 65.5 Å². The Morgan fingerprint density at radius 1 is 1.11 bits per heavy atom. The minimum atomic E-state index is -0.565. The lowest BCUT2D eigenvalue weighted by Crippen LogP contribution is -2.00.